The summed E-state index contributed by atoms with van der Waals surface area (Å²) in [5.74, 6) is 0. The van der Waals surface area contributed by atoms with E-state index in [9.17, 15) is 0 Å². The van der Waals surface area contributed by atoms with Crippen LogP contribution in [0.3, 0.4) is 0 Å². The van der Waals surface area contributed by atoms with Crippen LogP contribution in [-0.4, -0.2) is 6.71 Å². The van der Waals surface area contributed by atoms with Crippen molar-refractivity contribution in [3.63, 3.8) is 0 Å². The number of anilines is 6. The van der Waals surface area contributed by atoms with E-state index in [4.69, 9.17) is 0 Å². The molecule has 0 radical (unpaired) electrons. The molecule has 4 aliphatic carbocycles. The van der Waals surface area contributed by atoms with Crippen molar-refractivity contribution in [3.05, 3.63) is 174 Å². The van der Waals surface area contributed by atoms with Gasteiger partial charge in [-0.3, -0.25) is 0 Å². The molecule has 55 heavy (non-hydrogen) atoms. The third-order valence-electron chi connectivity index (χ3n) is 14.7. The molecule has 6 aliphatic rings. The van der Waals surface area contributed by atoms with Crippen LogP contribution >= 0.6 is 0 Å². The fourth-order valence-electron chi connectivity index (χ4n) is 12.7. The molecule has 0 unspecified atom stereocenters. The highest BCUT2D eigenvalue weighted by Gasteiger charge is 2.51. The van der Waals surface area contributed by atoms with E-state index in [2.05, 4.69) is 161 Å². The van der Waals surface area contributed by atoms with E-state index in [0.29, 0.717) is 0 Å². The van der Waals surface area contributed by atoms with Crippen molar-refractivity contribution in [1.29, 1.82) is 0 Å². The van der Waals surface area contributed by atoms with Gasteiger partial charge in [0.05, 0.1) is 0 Å². The SMILES string of the molecule is c1ccc(N2c3ccccc3B3c4ccc5c(c4N(c4ccc6c(c4)-c4ccccc4C64CCCC4)c4cccc2c43)-c2ccccc2C52CCCC2)cc1. The lowest BCUT2D eigenvalue weighted by Gasteiger charge is -2.45. The predicted molar refractivity (Wildman–Crippen MR) is 230 cm³/mol. The first kappa shape index (κ1) is 30.5. The lowest BCUT2D eigenvalue weighted by molar-refractivity contribution is 0.550. The van der Waals surface area contributed by atoms with Gasteiger partial charge < -0.3 is 9.80 Å². The highest BCUT2D eigenvalue weighted by Crippen LogP contribution is 2.62. The first-order chi connectivity index (χ1) is 27.3. The van der Waals surface area contributed by atoms with Crippen molar-refractivity contribution >= 4 is 57.2 Å². The highest BCUT2D eigenvalue weighted by molar-refractivity contribution is 7.00. The van der Waals surface area contributed by atoms with Crippen molar-refractivity contribution in [1.82, 2.24) is 0 Å². The fraction of sp³-hybridized carbons (Fsp3) is 0.192. The van der Waals surface area contributed by atoms with E-state index in [1.165, 1.54) is 130 Å². The molecule has 0 N–H and O–H groups in total. The van der Waals surface area contributed by atoms with E-state index < -0.39 is 0 Å². The zero-order valence-electron chi connectivity index (χ0n) is 31.1. The maximum Gasteiger partial charge on any atom is 0.252 e. The molecule has 2 saturated carbocycles. The van der Waals surface area contributed by atoms with Gasteiger partial charge in [0.1, 0.15) is 0 Å². The van der Waals surface area contributed by atoms with Gasteiger partial charge >= 0.3 is 0 Å². The minimum Gasteiger partial charge on any atom is -0.311 e. The first-order valence-corrected chi connectivity index (χ1v) is 20.7. The highest BCUT2D eigenvalue weighted by atomic mass is 15.2. The summed E-state index contributed by atoms with van der Waals surface area (Å²) >= 11 is 0. The van der Waals surface area contributed by atoms with Crippen LogP contribution in [0.15, 0.2) is 152 Å². The Bertz CT molecular complexity index is 2750. The number of hydrogen-bond donors (Lipinski definition) is 0. The second-order valence-corrected chi connectivity index (χ2v) is 17.0. The second-order valence-electron chi connectivity index (χ2n) is 17.0. The van der Waals surface area contributed by atoms with Gasteiger partial charge in [0.25, 0.3) is 6.71 Å². The average Bonchev–Trinajstić information content (AvgIpc) is 4.05. The van der Waals surface area contributed by atoms with Crippen molar-refractivity contribution < 1.29 is 0 Å². The summed E-state index contributed by atoms with van der Waals surface area (Å²) in [5, 5.41) is 0. The summed E-state index contributed by atoms with van der Waals surface area (Å²) in [4.78, 5) is 5.21. The van der Waals surface area contributed by atoms with E-state index in [0.717, 1.165) is 0 Å². The summed E-state index contributed by atoms with van der Waals surface area (Å²) < 4.78 is 0. The maximum atomic E-state index is 2.70. The van der Waals surface area contributed by atoms with Crippen molar-refractivity contribution in [2.75, 3.05) is 9.80 Å². The number of hydrogen-bond acceptors (Lipinski definition) is 2. The molecule has 2 aliphatic heterocycles. The number of fused-ring (bicyclic) bond motifs is 15. The summed E-state index contributed by atoms with van der Waals surface area (Å²) in [6.07, 6.45) is 10.1. The van der Waals surface area contributed by atoms with Crippen molar-refractivity contribution in [2.45, 2.75) is 62.2 Å². The van der Waals surface area contributed by atoms with Gasteiger partial charge in [-0.05, 0) is 123 Å². The molecule has 0 bridgehead atoms. The smallest absolute Gasteiger partial charge is 0.252 e. The molecule has 7 aromatic carbocycles. The molecule has 7 aromatic rings. The summed E-state index contributed by atoms with van der Waals surface area (Å²) in [6.45, 7) is 0.114. The lowest BCUT2D eigenvalue weighted by Crippen LogP contribution is -2.61. The van der Waals surface area contributed by atoms with Crippen LogP contribution in [0, 0.1) is 0 Å². The maximum absolute atomic E-state index is 2.70. The fourth-order valence-corrected chi connectivity index (χ4v) is 12.7. The van der Waals surface area contributed by atoms with Crippen molar-refractivity contribution in [3.8, 4) is 22.3 Å². The summed E-state index contributed by atoms with van der Waals surface area (Å²) in [7, 11) is 0. The summed E-state index contributed by atoms with van der Waals surface area (Å²) in [6, 6.07) is 58.7. The van der Waals surface area contributed by atoms with Crippen LogP contribution in [0.1, 0.15) is 73.6 Å². The Labute approximate surface area is 324 Å². The van der Waals surface area contributed by atoms with E-state index in [-0.39, 0.29) is 17.5 Å². The standard InChI is InChI=1S/C52H41BN2/c1-2-15-34(16-3-1)54-45-22-9-8-21-43(45)53-44-28-27-42-48(37-18-5-7-20-40(37)52(42)31-12-13-32-52)50(44)55(47-24-14-23-46(54)49(47)53)35-25-26-41-38(33-35)36-17-4-6-19-39(36)51(41)29-10-11-30-51/h1-9,14-28,33H,10-13,29-32H2. The minimum absolute atomic E-state index is 0.0923. The van der Waals surface area contributed by atoms with Gasteiger partial charge in [-0.15, -0.1) is 0 Å². The van der Waals surface area contributed by atoms with Crippen LogP contribution in [0.4, 0.5) is 34.1 Å². The third kappa shape index (κ3) is 3.77. The molecular formula is C52H41BN2. The quantitative estimate of drug-likeness (QED) is 0.165. The Kier molecular flexibility index (Phi) is 6.06. The molecule has 0 saturated heterocycles. The first-order valence-electron chi connectivity index (χ1n) is 20.7. The Morgan fingerprint density at radius 2 is 0.982 bits per heavy atom. The summed E-state index contributed by atoms with van der Waals surface area (Å²) in [5.41, 5.74) is 24.0. The topological polar surface area (TPSA) is 6.48 Å². The van der Waals surface area contributed by atoms with Gasteiger partial charge in [0.2, 0.25) is 0 Å². The minimum atomic E-state index is 0.0923. The van der Waals surface area contributed by atoms with E-state index >= 15 is 0 Å². The second kappa shape index (κ2) is 10.9. The van der Waals surface area contributed by atoms with Crippen LogP contribution in [0.5, 0.6) is 0 Å². The average molecular weight is 705 g/mol. The molecule has 2 heterocycles. The number of benzene rings is 7. The monoisotopic (exact) mass is 704 g/mol. The van der Waals surface area contributed by atoms with Crippen LogP contribution in [0.2, 0.25) is 0 Å². The Morgan fingerprint density at radius 3 is 1.76 bits per heavy atom. The van der Waals surface area contributed by atoms with Crippen molar-refractivity contribution in [2.24, 2.45) is 0 Å². The van der Waals surface area contributed by atoms with Gasteiger partial charge in [-0.25, -0.2) is 0 Å². The van der Waals surface area contributed by atoms with Crippen LogP contribution in [-0.2, 0) is 10.8 Å². The molecule has 13 rings (SSSR count). The van der Waals surface area contributed by atoms with Crippen LogP contribution in [0.25, 0.3) is 22.3 Å². The zero-order chi connectivity index (χ0) is 35.9. The van der Waals surface area contributed by atoms with Crippen LogP contribution < -0.4 is 26.2 Å². The predicted octanol–water partition coefficient (Wildman–Crippen LogP) is 11.5. The molecule has 0 atom stereocenters. The number of para-hydroxylation sites is 2. The van der Waals surface area contributed by atoms with Gasteiger partial charge in [-0.2, -0.15) is 0 Å². The Morgan fingerprint density at radius 1 is 0.400 bits per heavy atom. The Balaban J connectivity index is 1.13. The van der Waals surface area contributed by atoms with Gasteiger partial charge in [0.15, 0.2) is 0 Å². The third-order valence-corrected chi connectivity index (χ3v) is 14.7. The zero-order valence-corrected chi connectivity index (χ0v) is 31.1. The normalized spacial score (nSPS) is 18.1. The molecule has 3 heteroatoms. The molecule has 262 valence electrons. The molecular weight excluding hydrogens is 663 g/mol. The van der Waals surface area contributed by atoms with Gasteiger partial charge in [-0.1, -0.05) is 135 Å². The molecule has 2 nitrogen and oxygen atoms in total. The molecule has 0 amide bonds. The number of nitrogens with zero attached hydrogens (tertiary/aromatic N) is 2. The van der Waals surface area contributed by atoms with E-state index in [1.807, 2.05) is 0 Å². The lowest BCUT2D eigenvalue weighted by atomic mass is 9.33. The molecule has 2 fully saturated rings. The number of rotatable bonds is 2. The van der Waals surface area contributed by atoms with E-state index in [1.54, 1.807) is 16.7 Å². The molecule has 2 spiro atoms. The largest absolute Gasteiger partial charge is 0.311 e. The Hall–Kier alpha value is -5.80. The molecule has 0 aromatic heterocycles. The van der Waals surface area contributed by atoms with Gasteiger partial charge in [0, 0.05) is 50.5 Å².